The maximum atomic E-state index is 13.8. The van der Waals surface area contributed by atoms with Crippen LogP contribution in [-0.2, 0) is 17.9 Å². The predicted octanol–water partition coefficient (Wildman–Crippen LogP) is 4.66. The highest BCUT2D eigenvalue weighted by atomic mass is 16.7. The number of hydrogen-bond donors (Lipinski definition) is 0. The molecule has 0 unspecified atom stereocenters. The lowest BCUT2D eigenvalue weighted by atomic mass is 10.1. The van der Waals surface area contributed by atoms with Gasteiger partial charge in [-0.15, -0.1) is 0 Å². The average molecular weight is 523 g/mol. The topological polar surface area (TPSA) is 90.7 Å². The number of rotatable bonds is 11. The molecule has 0 bridgehead atoms. The highest BCUT2D eigenvalue weighted by Crippen LogP contribution is 2.33. The molecule has 202 valence electrons. The predicted molar refractivity (Wildman–Crippen MR) is 141 cm³/mol. The summed E-state index contributed by atoms with van der Waals surface area (Å²) in [6.07, 6.45) is 0. The molecule has 9 nitrogen and oxygen atoms in total. The van der Waals surface area contributed by atoms with Crippen molar-refractivity contribution < 1.29 is 33.0 Å². The van der Waals surface area contributed by atoms with Gasteiger partial charge in [0.25, 0.3) is 5.91 Å². The normalized spacial score (nSPS) is 11.9. The summed E-state index contributed by atoms with van der Waals surface area (Å²) < 4.78 is 27.4. The van der Waals surface area contributed by atoms with E-state index in [4.69, 9.17) is 23.4 Å². The fraction of sp³-hybridized carbons (Fsp3) is 0.379. The van der Waals surface area contributed by atoms with Gasteiger partial charge in [-0.1, -0.05) is 19.9 Å². The minimum Gasteiger partial charge on any atom is -0.497 e. The fourth-order valence-electron chi connectivity index (χ4n) is 4.32. The molecule has 0 atom stereocenters. The molecule has 1 aromatic heterocycles. The van der Waals surface area contributed by atoms with Crippen molar-refractivity contribution in [2.45, 2.75) is 33.9 Å². The maximum Gasteiger partial charge on any atom is 0.258 e. The third kappa shape index (κ3) is 6.40. The molecule has 0 radical (unpaired) electrons. The van der Waals surface area contributed by atoms with Gasteiger partial charge < -0.3 is 33.2 Å². The molecule has 38 heavy (non-hydrogen) atoms. The zero-order valence-electron chi connectivity index (χ0n) is 22.5. The number of carbonyl (C=O) groups excluding carboxylic acids is 2. The first-order valence-electron chi connectivity index (χ1n) is 12.5. The molecular weight excluding hydrogens is 488 g/mol. The Balaban J connectivity index is 1.59. The molecule has 1 aliphatic rings. The van der Waals surface area contributed by atoms with Crippen LogP contribution in [0.1, 0.15) is 41.3 Å². The van der Waals surface area contributed by atoms with Gasteiger partial charge in [0.2, 0.25) is 12.7 Å². The highest BCUT2D eigenvalue weighted by molar-refractivity contribution is 5.99. The van der Waals surface area contributed by atoms with Gasteiger partial charge in [-0.2, -0.15) is 0 Å². The first-order chi connectivity index (χ1) is 18.3. The number of methoxy groups -OCH3 is 2. The van der Waals surface area contributed by atoms with Gasteiger partial charge in [-0.3, -0.25) is 9.59 Å². The first kappa shape index (κ1) is 26.9. The number of furan rings is 1. The summed E-state index contributed by atoms with van der Waals surface area (Å²) in [5.41, 5.74) is 1.25. The van der Waals surface area contributed by atoms with Crippen LogP contribution in [0.5, 0.6) is 23.0 Å². The monoisotopic (exact) mass is 522 g/mol. The number of fused-ring (bicyclic) bond motifs is 1. The number of carbonyl (C=O) groups is 2. The lowest BCUT2D eigenvalue weighted by molar-refractivity contribution is -0.133. The number of aryl methyl sites for hydroxylation is 1. The molecule has 2 heterocycles. The lowest BCUT2D eigenvalue weighted by Gasteiger charge is -2.29. The van der Waals surface area contributed by atoms with Crippen LogP contribution in [0.15, 0.2) is 52.9 Å². The van der Waals surface area contributed by atoms with Gasteiger partial charge in [0, 0.05) is 19.2 Å². The van der Waals surface area contributed by atoms with E-state index in [0.717, 1.165) is 11.3 Å². The van der Waals surface area contributed by atoms with Crippen LogP contribution in [0.2, 0.25) is 0 Å². The van der Waals surface area contributed by atoms with Crippen LogP contribution in [0.4, 0.5) is 0 Å². The van der Waals surface area contributed by atoms with Crippen molar-refractivity contribution >= 4 is 11.8 Å². The van der Waals surface area contributed by atoms with Crippen molar-refractivity contribution in [1.29, 1.82) is 0 Å². The molecule has 0 saturated carbocycles. The molecule has 0 saturated heterocycles. The zero-order valence-corrected chi connectivity index (χ0v) is 22.5. The Kier molecular flexibility index (Phi) is 8.45. The maximum absolute atomic E-state index is 13.8. The molecule has 1 aliphatic heterocycles. The number of hydrogen-bond acceptors (Lipinski definition) is 7. The van der Waals surface area contributed by atoms with Crippen molar-refractivity contribution in [1.82, 2.24) is 9.80 Å². The Morgan fingerprint density at radius 3 is 2.39 bits per heavy atom. The summed E-state index contributed by atoms with van der Waals surface area (Å²) in [5.74, 6) is 3.36. The molecule has 0 spiro atoms. The van der Waals surface area contributed by atoms with Gasteiger partial charge >= 0.3 is 0 Å². The van der Waals surface area contributed by atoms with Crippen LogP contribution in [0.3, 0.4) is 0 Å². The van der Waals surface area contributed by atoms with E-state index in [2.05, 4.69) is 0 Å². The summed E-state index contributed by atoms with van der Waals surface area (Å²) in [6.45, 7) is 6.92. The van der Waals surface area contributed by atoms with Crippen LogP contribution in [-0.4, -0.2) is 55.7 Å². The molecule has 0 aliphatic carbocycles. The van der Waals surface area contributed by atoms with E-state index in [9.17, 15) is 9.59 Å². The number of amides is 2. The Morgan fingerprint density at radius 2 is 1.71 bits per heavy atom. The van der Waals surface area contributed by atoms with Crippen molar-refractivity contribution in [3.63, 3.8) is 0 Å². The van der Waals surface area contributed by atoms with Crippen molar-refractivity contribution in [2.24, 2.45) is 5.92 Å². The van der Waals surface area contributed by atoms with Crippen molar-refractivity contribution in [2.75, 3.05) is 34.1 Å². The lowest BCUT2D eigenvalue weighted by Crippen LogP contribution is -2.44. The highest BCUT2D eigenvalue weighted by Gasteiger charge is 2.26. The largest absolute Gasteiger partial charge is 0.497 e. The SMILES string of the molecule is COc1ccc(C(=O)N(CC(=O)N(Cc2ccc3c(c2)OCO3)Cc2ccc(C)o2)CC(C)C)c(OC)c1. The van der Waals surface area contributed by atoms with Gasteiger partial charge in [0.05, 0.1) is 26.3 Å². The third-order valence-corrected chi connectivity index (χ3v) is 6.14. The minimum absolute atomic E-state index is 0.101. The van der Waals surface area contributed by atoms with Crippen LogP contribution >= 0.6 is 0 Å². The van der Waals surface area contributed by atoms with Crippen LogP contribution in [0, 0.1) is 12.8 Å². The van der Waals surface area contributed by atoms with E-state index in [1.165, 1.54) is 7.11 Å². The van der Waals surface area contributed by atoms with Crippen molar-refractivity contribution in [3.8, 4) is 23.0 Å². The van der Waals surface area contributed by atoms with Gasteiger partial charge in [-0.25, -0.2) is 0 Å². The minimum atomic E-state index is -0.288. The second kappa shape index (κ2) is 11.9. The fourth-order valence-corrected chi connectivity index (χ4v) is 4.32. The molecule has 0 fully saturated rings. The van der Waals surface area contributed by atoms with Crippen LogP contribution in [0.25, 0.3) is 0 Å². The Bertz CT molecular complexity index is 1280. The van der Waals surface area contributed by atoms with E-state index in [0.29, 0.717) is 47.4 Å². The number of ether oxygens (including phenoxy) is 4. The molecule has 0 N–H and O–H groups in total. The number of benzene rings is 2. The quantitative estimate of drug-likeness (QED) is 0.362. The van der Waals surface area contributed by atoms with E-state index in [1.54, 1.807) is 35.1 Å². The smallest absolute Gasteiger partial charge is 0.258 e. The molecule has 2 aromatic carbocycles. The second-order valence-corrected chi connectivity index (χ2v) is 9.60. The van der Waals surface area contributed by atoms with E-state index in [-0.39, 0.29) is 37.6 Å². The van der Waals surface area contributed by atoms with E-state index >= 15 is 0 Å². The number of nitrogens with zero attached hydrogens (tertiary/aromatic N) is 2. The average Bonchev–Trinajstić information content (AvgIpc) is 3.54. The molecular formula is C29H34N2O7. The molecule has 9 heteroatoms. The Morgan fingerprint density at radius 1 is 0.921 bits per heavy atom. The second-order valence-electron chi connectivity index (χ2n) is 9.60. The van der Waals surface area contributed by atoms with Gasteiger partial charge in [-0.05, 0) is 54.8 Å². The first-order valence-corrected chi connectivity index (χ1v) is 12.5. The van der Waals surface area contributed by atoms with E-state index in [1.807, 2.05) is 51.1 Å². The summed E-state index contributed by atoms with van der Waals surface area (Å²) in [7, 11) is 3.05. The standard InChI is InChI=1S/C29H34N2O7/c1-19(2)14-31(29(33)24-10-9-22(34-4)13-26(24)35-5)17-28(32)30(16-23-8-6-20(3)38-23)15-21-7-11-25-27(12-21)37-18-36-25/h6-13,19H,14-18H2,1-5H3. The molecule has 3 aromatic rings. The summed E-state index contributed by atoms with van der Waals surface area (Å²) in [4.78, 5) is 30.7. The zero-order chi connectivity index (χ0) is 27.2. The van der Waals surface area contributed by atoms with Crippen LogP contribution < -0.4 is 18.9 Å². The summed E-state index contributed by atoms with van der Waals surface area (Å²) in [6, 6.07) is 14.4. The van der Waals surface area contributed by atoms with E-state index < -0.39 is 0 Å². The summed E-state index contributed by atoms with van der Waals surface area (Å²) in [5, 5.41) is 0. The summed E-state index contributed by atoms with van der Waals surface area (Å²) >= 11 is 0. The Labute approximate surface area is 222 Å². The van der Waals surface area contributed by atoms with Gasteiger partial charge in [0.1, 0.15) is 29.6 Å². The molecule has 4 rings (SSSR count). The molecule has 2 amide bonds. The Hall–Kier alpha value is -4.14. The third-order valence-electron chi connectivity index (χ3n) is 6.14. The van der Waals surface area contributed by atoms with Crippen molar-refractivity contribution in [3.05, 3.63) is 71.2 Å². The van der Waals surface area contributed by atoms with Gasteiger partial charge in [0.15, 0.2) is 11.5 Å².